The zero-order chi connectivity index (χ0) is 18.6. The van der Waals surface area contributed by atoms with Crippen molar-refractivity contribution in [2.24, 2.45) is 0 Å². The largest absolute Gasteiger partial charge is 0.378 e. The predicted molar refractivity (Wildman–Crippen MR) is 99.6 cm³/mol. The number of nitrogens with zero attached hydrogens (tertiary/aromatic N) is 5. The number of H-pyrrole nitrogens is 1. The predicted octanol–water partition coefficient (Wildman–Crippen LogP) is 1.66. The number of amides is 1. The Hall–Kier alpha value is -3.33. The van der Waals surface area contributed by atoms with Gasteiger partial charge in [0.1, 0.15) is 5.69 Å². The fourth-order valence-electron chi connectivity index (χ4n) is 2.82. The Kier molecular flexibility index (Phi) is 4.75. The van der Waals surface area contributed by atoms with E-state index in [0.717, 1.165) is 17.0 Å². The standard InChI is InChI=1S/C18H19N7O2/c1-12-10-15(21-18(20-12)25-6-8-27-9-7-25)17(26)22-16-11-14(23-24-16)13-2-4-19-5-3-13/h2-5,10-11H,6-9H2,1H3,(H2,22,23,24,26). The maximum absolute atomic E-state index is 12.6. The number of morpholine rings is 1. The maximum atomic E-state index is 12.6. The molecular weight excluding hydrogens is 346 g/mol. The van der Waals surface area contributed by atoms with Gasteiger partial charge in [0.25, 0.3) is 5.91 Å². The molecule has 1 aliphatic heterocycles. The van der Waals surface area contributed by atoms with Crippen molar-refractivity contribution in [3.8, 4) is 11.3 Å². The molecule has 0 bridgehead atoms. The fraction of sp³-hybridized carbons (Fsp3) is 0.278. The van der Waals surface area contributed by atoms with Gasteiger partial charge in [-0.05, 0) is 25.1 Å². The SMILES string of the molecule is Cc1cc(C(=O)Nc2cc(-c3ccncc3)[nH]n2)nc(N2CCOCC2)n1. The van der Waals surface area contributed by atoms with Gasteiger partial charge in [-0.25, -0.2) is 9.97 Å². The van der Waals surface area contributed by atoms with Gasteiger partial charge < -0.3 is 15.0 Å². The van der Waals surface area contributed by atoms with Crippen molar-refractivity contribution >= 4 is 17.7 Å². The zero-order valence-corrected chi connectivity index (χ0v) is 14.8. The zero-order valence-electron chi connectivity index (χ0n) is 14.8. The van der Waals surface area contributed by atoms with Crippen LogP contribution in [-0.2, 0) is 4.74 Å². The second-order valence-corrected chi connectivity index (χ2v) is 6.15. The molecule has 3 aromatic heterocycles. The molecule has 0 spiro atoms. The van der Waals surface area contributed by atoms with Gasteiger partial charge >= 0.3 is 0 Å². The number of ether oxygens (including phenoxy) is 1. The first-order chi connectivity index (χ1) is 13.2. The van der Waals surface area contributed by atoms with Crippen LogP contribution in [0.2, 0.25) is 0 Å². The molecule has 9 heteroatoms. The van der Waals surface area contributed by atoms with Gasteiger partial charge in [-0.3, -0.25) is 14.9 Å². The molecule has 1 aliphatic rings. The summed E-state index contributed by atoms with van der Waals surface area (Å²) in [6.07, 6.45) is 3.40. The summed E-state index contributed by atoms with van der Waals surface area (Å²) >= 11 is 0. The van der Waals surface area contributed by atoms with Gasteiger partial charge in [-0.15, -0.1) is 0 Å². The highest BCUT2D eigenvalue weighted by atomic mass is 16.5. The topological polar surface area (TPSA) is 109 Å². The molecule has 0 unspecified atom stereocenters. The third kappa shape index (κ3) is 3.93. The van der Waals surface area contributed by atoms with Crippen molar-refractivity contribution in [1.82, 2.24) is 25.1 Å². The van der Waals surface area contributed by atoms with E-state index in [1.165, 1.54) is 0 Å². The number of pyridine rings is 1. The first kappa shape index (κ1) is 17.1. The molecule has 138 valence electrons. The minimum Gasteiger partial charge on any atom is -0.378 e. The molecule has 4 rings (SSSR count). The van der Waals surface area contributed by atoms with E-state index in [1.807, 2.05) is 24.0 Å². The molecule has 0 atom stereocenters. The average molecular weight is 365 g/mol. The third-order valence-electron chi connectivity index (χ3n) is 4.18. The highest BCUT2D eigenvalue weighted by Gasteiger charge is 2.18. The van der Waals surface area contributed by atoms with E-state index in [1.54, 1.807) is 24.5 Å². The Bertz CT molecular complexity index is 936. The molecule has 2 N–H and O–H groups in total. The van der Waals surface area contributed by atoms with Crippen LogP contribution >= 0.6 is 0 Å². The van der Waals surface area contributed by atoms with E-state index < -0.39 is 0 Å². The van der Waals surface area contributed by atoms with E-state index in [4.69, 9.17) is 4.74 Å². The van der Waals surface area contributed by atoms with Crippen molar-refractivity contribution in [2.45, 2.75) is 6.92 Å². The summed E-state index contributed by atoms with van der Waals surface area (Å²) in [5.74, 6) is 0.641. The van der Waals surface area contributed by atoms with Crippen LogP contribution in [0, 0.1) is 6.92 Å². The Morgan fingerprint density at radius 3 is 2.74 bits per heavy atom. The van der Waals surface area contributed by atoms with Gasteiger partial charge in [0.05, 0.1) is 18.9 Å². The summed E-state index contributed by atoms with van der Waals surface area (Å²) in [4.78, 5) is 27.5. The number of carbonyl (C=O) groups is 1. The van der Waals surface area contributed by atoms with Crippen LogP contribution in [0.4, 0.5) is 11.8 Å². The van der Waals surface area contributed by atoms with Crippen LogP contribution in [0.25, 0.3) is 11.3 Å². The quantitative estimate of drug-likeness (QED) is 0.724. The van der Waals surface area contributed by atoms with Gasteiger partial charge in [-0.1, -0.05) is 0 Å². The van der Waals surface area contributed by atoms with Crippen molar-refractivity contribution in [1.29, 1.82) is 0 Å². The fourth-order valence-corrected chi connectivity index (χ4v) is 2.82. The van der Waals surface area contributed by atoms with E-state index in [-0.39, 0.29) is 5.91 Å². The lowest BCUT2D eigenvalue weighted by Gasteiger charge is -2.27. The molecular formula is C18H19N7O2. The van der Waals surface area contributed by atoms with Gasteiger partial charge in [0.15, 0.2) is 5.82 Å². The van der Waals surface area contributed by atoms with Crippen molar-refractivity contribution in [3.05, 3.63) is 48.0 Å². The van der Waals surface area contributed by atoms with Gasteiger partial charge in [-0.2, -0.15) is 5.10 Å². The number of hydrogen-bond acceptors (Lipinski definition) is 7. The Morgan fingerprint density at radius 2 is 1.96 bits per heavy atom. The Labute approximate surface area is 155 Å². The summed E-state index contributed by atoms with van der Waals surface area (Å²) in [6.45, 7) is 4.52. The van der Waals surface area contributed by atoms with E-state index in [9.17, 15) is 4.79 Å². The van der Waals surface area contributed by atoms with Crippen molar-refractivity contribution < 1.29 is 9.53 Å². The minimum absolute atomic E-state index is 0.303. The molecule has 1 fully saturated rings. The van der Waals surface area contributed by atoms with Crippen LogP contribution in [0.15, 0.2) is 36.7 Å². The lowest BCUT2D eigenvalue weighted by atomic mass is 10.2. The lowest BCUT2D eigenvalue weighted by Crippen LogP contribution is -2.37. The number of anilines is 2. The first-order valence-electron chi connectivity index (χ1n) is 8.64. The van der Waals surface area contributed by atoms with Gasteiger partial charge in [0.2, 0.25) is 5.95 Å². The van der Waals surface area contributed by atoms with Crippen LogP contribution < -0.4 is 10.2 Å². The number of aromatic amines is 1. The second-order valence-electron chi connectivity index (χ2n) is 6.15. The molecule has 1 saturated heterocycles. The average Bonchev–Trinajstić information content (AvgIpc) is 3.17. The van der Waals surface area contributed by atoms with Crippen LogP contribution in [0.3, 0.4) is 0 Å². The summed E-state index contributed by atoms with van der Waals surface area (Å²) in [5, 5.41) is 9.83. The summed E-state index contributed by atoms with van der Waals surface area (Å²) in [7, 11) is 0. The number of nitrogens with one attached hydrogen (secondary N) is 2. The van der Waals surface area contributed by atoms with Crippen molar-refractivity contribution in [3.63, 3.8) is 0 Å². The highest BCUT2D eigenvalue weighted by Crippen LogP contribution is 2.19. The highest BCUT2D eigenvalue weighted by molar-refractivity contribution is 6.02. The number of aryl methyl sites for hydroxylation is 1. The summed E-state index contributed by atoms with van der Waals surface area (Å²) < 4.78 is 5.35. The van der Waals surface area contributed by atoms with Crippen LogP contribution in [0.5, 0.6) is 0 Å². The van der Waals surface area contributed by atoms with Crippen LogP contribution in [-0.4, -0.2) is 57.4 Å². The van der Waals surface area contributed by atoms with E-state index in [0.29, 0.717) is 43.8 Å². The lowest BCUT2D eigenvalue weighted by molar-refractivity contribution is 0.102. The smallest absolute Gasteiger partial charge is 0.275 e. The van der Waals surface area contributed by atoms with E-state index in [2.05, 4.69) is 30.5 Å². The summed E-state index contributed by atoms with van der Waals surface area (Å²) in [6, 6.07) is 7.16. The number of carbonyl (C=O) groups excluding carboxylic acids is 1. The molecule has 3 aromatic rings. The van der Waals surface area contributed by atoms with E-state index >= 15 is 0 Å². The summed E-state index contributed by atoms with van der Waals surface area (Å²) in [5.41, 5.74) is 2.76. The second kappa shape index (κ2) is 7.50. The molecule has 4 heterocycles. The molecule has 0 aromatic carbocycles. The molecule has 9 nitrogen and oxygen atoms in total. The van der Waals surface area contributed by atoms with Crippen molar-refractivity contribution in [2.75, 3.05) is 36.5 Å². The third-order valence-corrected chi connectivity index (χ3v) is 4.18. The monoisotopic (exact) mass is 365 g/mol. The molecule has 0 saturated carbocycles. The molecule has 27 heavy (non-hydrogen) atoms. The Morgan fingerprint density at radius 1 is 1.19 bits per heavy atom. The maximum Gasteiger partial charge on any atom is 0.275 e. The number of hydrogen-bond donors (Lipinski definition) is 2. The van der Waals surface area contributed by atoms with Gasteiger partial charge in [0, 0.05) is 42.8 Å². The molecule has 0 aliphatic carbocycles. The minimum atomic E-state index is -0.331. The molecule has 1 amide bonds. The number of rotatable bonds is 4. The Balaban J connectivity index is 1.51. The first-order valence-corrected chi connectivity index (χ1v) is 8.64. The normalized spacial score (nSPS) is 14.2. The van der Waals surface area contributed by atoms with Crippen LogP contribution in [0.1, 0.15) is 16.2 Å². The number of aromatic nitrogens is 5. The molecule has 0 radical (unpaired) electrons.